The van der Waals surface area contributed by atoms with Crippen molar-refractivity contribution in [1.29, 1.82) is 0 Å². The first-order chi connectivity index (χ1) is 12.1. The lowest BCUT2D eigenvalue weighted by atomic mass is 10.0. The van der Waals surface area contributed by atoms with Gasteiger partial charge >= 0.3 is 0 Å². The Morgan fingerprint density at radius 1 is 1.42 bits per heavy atom. The molecule has 26 heavy (non-hydrogen) atoms. The summed E-state index contributed by atoms with van der Waals surface area (Å²) in [5, 5.41) is 6.96. The summed E-state index contributed by atoms with van der Waals surface area (Å²) in [6.45, 7) is 2.29. The van der Waals surface area contributed by atoms with Gasteiger partial charge in [-0.2, -0.15) is 4.98 Å². The molecule has 1 aromatic heterocycles. The number of aromatic nitrogens is 2. The smallest absolute Gasteiger partial charge is 0.227 e. The molecule has 0 aliphatic heterocycles. The molecule has 1 aliphatic rings. The number of hydrogen-bond donors (Lipinski definition) is 2. The zero-order valence-corrected chi connectivity index (χ0v) is 15.5. The molecule has 1 fully saturated rings. The predicted octanol–water partition coefficient (Wildman–Crippen LogP) is 2.78. The first kappa shape index (κ1) is 20.3. The summed E-state index contributed by atoms with van der Waals surface area (Å²) in [5.41, 5.74) is 6.95. The van der Waals surface area contributed by atoms with E-state index in [1.165, 1.54) is 6.07 Å². The number of halogens is 2. The first-order valence-corrected chi connectivity index (χ1v) is 8.65. The summed E-state index contributed by atoms with van der Waals surface area (Å²) in [7, 11) is 0. The van der Waals surface area contributed by atoms with E-state index in [-0.39, 0.29) is 36.6 Å². The predicted molar refractivity (Wildman–Crippen MR) is 98.3 cm³/mol. The number of rotatable bonds is 6. The van der Waals surface area contributed by atoms with E-state index in [1.807, 2.05) is 0 Å². The molecule has 1 aliphatic carbocycles. The van der Waals surface area contributed by atoms with Crippen molar-refractivity contribution in [2.75, 3.05) is 6.54 Å². The fourth-order valence-corrected chi connectivity index (χ4v) is 3.27. The van der Waals surface area contributed by atoms with Gasteiger partial charge in [0.2, 0.25) is 17.6 Å². The lowest BCUT2D eigenvalue weighted by molar-refractivity contribution is -0.122. The van der Waals surface area contributed by atoms with E-state index < -0.39 is 0 Å². The zero-order valence-electron chi connectivity index (χ0n) is 14.7. The van der Waals surface area contributed by atoms with Gasteiger partial charge in [-0.25, -0.2) is 4.39 Å². The van der Waals surface area contributed by atoms with Crippen LogP contribution in [0.5, 0.6) is 0 Å². The van der Waals surface area contributed by atoms with Crippen LogP contribution < -0.4 is 11.1 Å². The summed E-state index contributed by atoms with van der Waals surface area (Å²) in [5.74, 6) is 0.877. The van der Waals surface area contributed by atoms with Crippen molar-refractivity contribution < 1.29 is 13.7 Å². The largest absolute Gasteiger partial charge is 0.353 e. The molecule has 8 heteroatoms. The second-order valence-corrected chi connectivity index (χ2v) is 6.58. The Bertz CT molecular complexity index is 753. The molecule has 0 spiro atoms. The number of nitrogens with two attached hydrogens (primary N) is 1. The maximum absolute atomic E-state index is 13.3. The van der Waals surface area contributed by atoms with E-state index in [0.717, 1.165) is 19.3 Å². The van der Waals surface area contributed by atoms with Crippen LogP contribution in [0.3, 0.4) is 0 Å². The minimum atomic E-state index is -0.271. The van der Waals surface area contributed by atoms with E-state index >= 15 is 0 Å². The van der Waals surface area contributed by atoms with Gasteiger partial charge in [0.05, 0.1) is 0 Å². The third-order valence-corrected chi connectivity index (χ3v) is 4.76. The van der Waals surface area contributed by atoms with Crippen LogP contribution in [0.2, 0.25) is 0 Å². The maximum atomic E-state index is 13.3. The van der Waals surface area contributed by atoms with E-state index in [9.17, 15) is 9.18 Å². The van der Waals surface area contributed by atoms with Crippen molar-refractivity contribution in [3.63, 3.8) is 0 Å². The molecule has 6 nitrogen and oxygen atoms in total. The van der Waals surface area contributed by atoms with E-state index in [4.69, 9.17) is 10.3 Å². The molecule has 0 radical (unpaired) electrons. The molecule has 3 rings (SSSR count). The van der Waals surface area contributed by atoms with Crippen molar-refractivity contribution >= 4 is 18.3 Å². The highest BCUT2D eigenvalue weighted by molar-refractivity contribution is 5.85. The molecule has 1 heterocycles. The van der Waals surface area contributed by atoms with Gasteiger partial charge in [0, 0.05) is 24.4 Å². The standard InChI is InChI=1S/C18H23FN4O2.ClH/c1-11-9-12(5-6-14(11)19)18-22-17(25-23-18)8-7-16(24)21-15-4-2-3-13(15)10-20;/h5-6,9,13,15H,2-4,7-8,10,20H2,1H3,(H,21,24);1H. The van der Waals surface area contributed by atoms with Crippen LogP contribution in [-0.4, -0.2) is 28.6 Å². The van der Waals surface area contributed by atoms with Crippen LogP contribution in [0.25, 0.3) is 11.4 Å². The minimum Gasteiger partial charge on any atom is -0.353 e. The number of nitrogens with one attached hydrogen (secondary N) is 1. The normalized spacial score (nSPS) is 19.2. The van der Waals surface area contributed by atoms with Crippen LogP contribution in [0.4, 0.5) is 4.39 Å². The molecular formula is C18H24ClFN4O2. The molecule has 2 unspecified atom stereocenters. The van der Waals surface area contributed by atoms with Gasteiger partial charge in [-0.05, 0) is 56.0 Å². The van der Waals surface area contributed by atoms with E-state index in [0.29, 0.717) is 41.7 Å². The van der Waals surface area contributed by atoms with Gasteiger partial charge < -0.3 is 15.6 Å². The lowest BCUT2D eigenvalue weighted by Gasteiger charge is -2.19. The summed E-state index contributed by atoms with van der Waals surface area (Å²) >= 11 is 0. The number of aryl methyl sites for hydroxylation is 2. The summed E-state index contributed by atoms with van der Waals surface area (Å²) < 4.78 is 18.5. The Morgan fingerprint density at radius 3 is 2.96 bits per heavy atom. The Balaban J connectivity index is 0.00000243. The quantitative estimate of drug-likeness (QED) is 0.801. The highest BCUT2D eigenvalue weighted by atomic mass is 35.5. The minimum absolute atomic E-state index is 0. The summed E-state index contributed by atoms with van der Waals surface area (Å²) in [4.78, 5) is 16.4. The van der Waals surface area contributed by atoms with Crippen LogP contribution in [0.15, 0.2) is 22.7 Å². The fourth-order valence-electron chi connectivity index (χ4n) is 3.27. The topological polar surface area (TPSA) is 94.0 Å². The van der Waals surface area contributed by atoms with Gasteiger partial charge in [-0.15, -0.1) is 12.4 Å². The van der Waals surface area contributed by atoms with Gasteiger partial charge in [0.25, 0.3) is 0 Å². The van der Waals surface area contributed by atoms with Gasteiger partial charge in [0.1, 0.15) is 5.82 Å². The molecule has 1 amide bonds. The van der Waals surface area contributed by atoms with Gasteiger partial charge in [0.15, 0.2) is 0 Å². The molecule has 1 saturated carbocycles. The molecule has 1 aromatic carbocycles. The van der Waals surface area contributed by atoms with Crippen molar-refractivity contribution in [3.05, 3.63) is 35.5 Å². The highest BCUT2D eigenvalue weighted by Crippen LogP contribution is 2.24. The molecule has 3 N–H and O–H groups in total. The maximum Gasteiger partial charge on any atom is 0.227 e. The molecule has 0 bridgehead atoms. The third kappa shape index (κ3) is 4.80. The number of amides is 1. The van der Waals surface area contributed by atoms with Crippen molar-refractivity contribution in [3.8, 4) is 11.4 Å². The van der Waals surface area contributed by atoms with Gasteiger partial charge in [-0.1, -0.05) is 11.6 Å². The van der Waals surface area contributed by atoms with Crippen molar-refractivity contribution in [1.82, 2.24) is 15.5 Å². The lowest BCUT2D eigenvalue weighted by Crippen LogP contribution is -2.39. The SMILES string of the molecule is Cc1cc(-c2noc(CCC(=O)NC3CCCC3CN)n2)ccc1F.Cl. The van der Waals surface area contributed by atoms with Crippen LogP contribution in [0.1, 0.15) is 37.1 Å². The summed E-state index contributed by atoms with van der Waals surface area (Å²) in [6.07, 6.45) is 3.83. The number of benzene rings is 1. The number of hydrogen-bond acceptors (Lipinski definition) is 5. The molecule has 142 valence electrons. The van der Waals surface area contributed by atoms with Crippen molar-refractivity contribution in [2.45, 2.75) is 45.1 Å². The average molecular weight is 383 g/mol. The number of nitrogens with zero attached hydrogens (tertiary/aromatic N) is 2. The molecule has 2 aromatic rings. The van der Waals surface area contributed by atoms with Crippen LogP contribution >= 0.6 is 12.4 Å². The fraction of sp³-hybridized carbons (Fsp3) is 0.500. The third-order valence-electron chi connectivity index (χ3n) is 4.76. The van der Waals surface area contributed by atoms with Crippen LogP contribution in [0, 0.1) is 18.7 Å². The van der Waals surface area contributed by atoms with Crippen LogP contribution in [-0.2, 0) is 11.2 Å². The monoisotopic (exact) mass is 382 g/mol. The van der Waals surface area contributed by atoms with Gasteiger partial charge in [-0.3, -0.25) is 4.79 Å². The first-order valence-electron chi connectivity index (χ1n) is 8.65. The molecule has 0 saturated heterocycles. The second kappa shape index (κ2) is 9.09. The Kier molecular flexibility index (Phi) is 7.11. The second-order valence-electron chi connectivity index (χ2n) is 6.58. The summed E-state index contributed by atoms with van der Waals surface area (Å²) in [6, 6.07) is 4.84. The van der Waals surface area contributed by atoms with Crippen molar-refractivity contribution in [2.24, 2.45) is 11.7 Å². The Labute approximate surface area is 158 Å². The Morgan fingerprint density at radius 2 is 2.23 bits per heavy atom. The van der Waals surface area contributed by atoms with E-state index in [2.05, 4.69) is 15.5 Å². The highest BCUT2D eigenvalue weighted by Gasteiger charge is 2.27. The Hall–Kier alpha value is -1.99. The average Bonchev–Trinajstić information content (AvgIpc) is 3.24. The molecular weight excluding hydrogens is 359 g/mol. The molecule has 2 atom stereocenters. The number of carbonyl (C=O) groups is 1. The number of carbonyl (C=O) groups excluding carboxylic acids is 1. The zero-order chi connectivity index (χ0) is 17.8. The van der Waals surface area contributed by atoms with E-state index in [1.54, 1.807) is 19.1 Å².